The molecule has 140 valence electrons. The number of nitrogens with one attached hydrogen (secondary N) is 1. The van der Waals surface area contributed by atoms with Crippen LogP contribution >= 0.6 is 0 Å². The van der Waals surface area contributed by atoms with Gasteiger partial charge in [0.25, 0.3) is 5.91 Å². The van der Waals surface area contributed by atoms with E-state index in [1.54, 1.807) is 24.4 Å². The summed E-state index contributed by atoms with van der Waals surface area (Å²) in [4.78, 5) is 16.6. The number of carbonyl (C=O) groups is 1. The molecular formula is C19H19N3O4S. The van der Waals surface area contributed by atoms with Crippen LogP contribution in [0.3, 0.4) is 0 Å². The first-order chi connectivity index (χ1) is 12.9. The van der Waals surface area contributed by atoms with E-state index in [9.17, 15) is 13.2 Å². The van der Waals surface area contributed by atoms with Crippen molar-refractivity contribution in [1.82, 2.24) is 9.29 Å². The van der Waals surface area contributed by atoms with Crippen LogP contribution in [-0.2, 0) is 14.8 Å². The fourth-order valence-electron chi connectivity index (χ4n) is 2.48. The number of hydrogen-bond donors (Lipinski definition) is 1. The summed E-state index contributed by atoms with van der Waals surface area (Å²) in [6.45, 7) is -0.222. The van der Waals surface area contributed by atoms with Crippen molar-refractivity contribution < 1.29 is 17.9 Å². The normalized spacial score (nSPS) is 11.5. The fourth-order valence-corrected chi connectivity index (χ4v) is 3.43. The van der Waals surface area contributed by atoms with Gasteiger partial charge in [-0.1, -0.05) is 24.3 Å². The molecular weight excluding hydrogens is 366 g/mol. The molecule has 0 bridgehead atoms. The predicted octanol–water partition coefficient (Wildman–Crippen LogP) is 2.50. The predicted molar refractivity (Wildman–Crippen MR) is 103 cm³/mol. The quantitative estimate of drug-likeness (QED) is 0.704. The second-order valence-electron chi connectivity index (χ2n) is 5.98. The van der Waals surface area contributed by atoms with Gasteiger partial charge in [0.05, 0.1) is 4.90 Å². The lowest BCUT2D eigenvalue weighted by Crippen LogP contribution is -2.23. The molecule has 27 heavy (non-hydrogen) atoms. The van der Waals surface area contributed by atoms with Crippen LogP contribution in [0.25, 0.3) is 10.9 Å². The van der Waals surface area contributed by atoms with Gasteiger partial charge < -0.3 is 10.1 Å². The molecule has 8 heteroatoms. The number of aromatic nitrogens is 1. The number of carbonyl (C=O) groups excluding carboxylic acids is 1. The monoisotopic (exact) mass is 385 g/mol. The third-order valence-corrected chi connectivity index (χ3v) is 5.66. The van der Waals surface area contributed by atoms with Crippen molar-refractivity contribution in [3.05, 3.63) is 60.8 Å². The Kier molecular flexibility index (Phi) is 5.38. The van der Waals surface area contributed by atoms with Gasteiger partial charge in [-0.25, -0.2) is 12.7 Å². The summed E-state index contributed by atoms with van der Waals surface area (Å²) in [5, 5.41) is 3.56. The molecule has 7 nitrogen and oxygen atoms in total. The minimum absolute atomic E-state index is 0.101. The van der Waals surface area contributed by atoms with E-state index in [1.165, 1.54) is 26.2 Å². The Balaban J connectivity index is 1.70. The van der Waals surface area contributed by atoms with Crippen molar-refractivity contribution in [2.75, 3.05) is 26.0 Å². The van der Waals surface area contributed by atoms with E-state index in [-0.39, 0.29) is 11.5 Å². The molecule has 0 aliphatic rings. The van der Waals surface area contributed by atoms with Crippen molar-refractivity contribution >= 4 is 32.5 Å². The summed E-state index contributed by atoms with van der Waals surface area (Å²) in [6.07, 6.45) is 1.66. The first-order valence-electron chi connectivity index (χ1n) is 8.17. The third-order valence-electron chi connectivity index (χ3n) is 3.85. The first-order valence-corrected chi connectivity index (χ1v) is 9.61. The van der Waals surface area contributed by atoms with Gasteiger partial charge in [-0.2, -0.15) is 0 Å². The highest BCUT2D eigenvalue weighted by Gasteiger charge is 2.17. The number of hydrogen-bond acceptors (Lipinski definition) is 5. The number of ether oxygens (including phenoxy) is 1. The third kappa shape index (κ3) is 4.24. The van der Waals surface area contributed by atoms with Crippen LogP contribution in [0.4, 0.5) is 5.69 Å². The number of anilines is 1. The largest absolute Gasteiger partial charge is 0.481 e. The van der Waals surface area contributed by atoms with Gasteiger partial charge in [-0.05, 0) is 30.3 Å². The molecule has 3 rings (SSSR count). The van der Waals surface area contributed by atoms with E-state index >= 15 is 0 Å². The van der Waals surface area contributed by atoms with E-state index in [4.69, 9.17) is 4.74 Å². The van der Waals surface area contributed by atoms with Crippen LogP contribution in [0, 0.1) is 0 Å². The number of sulfonamides is 1. The zero-order chi connectivity index (χ0) is 19.4. The Morgan fingerprint density at radius 1 is 1.11 bits per heavy atom. The van der Waals surface area contributed by atoms with Gasteiger partial charge in [0, 0.05) is 31.4 Å². The topological polar surface area (TPSA) is 88.6 Å². The molecule has 0 aliphatic heterocycles. The van der Waals surface area contributed by atoms with Crippen molar-refractivity contribution in [3.8, 4) is 5.75 Å². The molecule has 1 amide bonds. The van der Waals surface area contributed by atoms with Crippen LogP contribution in [0.2, 0.25) is 0 Å². The van der Waals surface area contributed by atoms with E-state index in [0.717, 1.165) is 9.69 Å². The number of rotatable bonds is 6. The van der Waals surface area contributed by atoms with Crippen molar-refractivity contribution in [2.45, 2.75) is 4.90 Å². The lowest BCUT2D eigenvalue weighted by atomic mass is 10.2. The molecule has 1 N–H and O–H groups in total. The lowest BCUT2D eigenvalue weighted by molar-refractivity contribution is -0.118. The molecule has 0 spiro atoms. The summed E-state index contributed by atoms with van der Waals surface area (Å²) < 4.78 is 31.1. The molecule has 0 radical (unpaired) electrons. The van der Waals surface area contributed by atoms with E-state index in [0.29, 0.717) is 17.0 Å². The highest BCUT2D eigenvalue weighted by atomic mass is 32.2. The molecule has 3 aromatic rings. The molecule has 2 aromatic carbocycles. The Morgan fingerprint density at radius 3 is 2.63 bits per heavy atom. The molecule has 0 saturated heterocycles. The second kappa shape index (κ2) is 7.73. The number of para-hydroxylation sites is 1. The van der Waals surface area contributed by atoms with Gasteiger partial charge in [-0.3, -0.25) is 9.78 Å². The zero-order valence-corrected chi connectivity index (χ0v) is 15.7. The highest BCUT2D eigenvalue weighted by molar-refractivity contribution is 7.89. The van der Waals surface area contributed by atoms with Gasteiger partial charge in [0.2, 0.25) is 10.0 Å². The smallest absolute Gasteiger partial charge is 0.262 e. The number of amides is 1. The number of pyridine rings is 1. The summed E-state index contributed by atoms with van der Waals surface area (Å²) in [5.74, 6) is 0.106. The molecule has 0 unspecified atom stereocenters. The van der Waals surface area contributed by atoms with Crippen molar-refractivity contribution in [2.24, 2.45) is 0 Å². The van der Waals surface area contributed by atoms with E-state index < -0.39 is 15.9 Å². The molecule has 1 aromatic heterocycles. The van der Waals surface area contributed by atoms with E-state index in [1.807, 2.05) is 24.3 Å². The van der Waals surface area contributed by atoms with Crippen LogP contribution in [-0.4, -0.2) is 44.3 Å². The maximum absolute atomic E-state index is 12.2. The van der Waals surface area contributed by atoms with E-state index in [2.05, 4.69) is 10.3 Å². The Labute approximate surface area is 157 Å². The molecule has 0 fully saturated rings. The van der Waals surface area contributed by atoms with Gasteiger partial charge >= 0.3 is 0 Å². The SMILES string of the molecule is CN(C)S(=O)(=O)c1cccc(NC(=O)COc2cccc3cccnc23)c1. The average Bonchev–Trinajstić information content (AvgIpc) is 2.66. The number of benzene rings is 2. The zero-order valence-electron chi connectivity index (χ0n) is 14.9. The highest BCUT2D eigenvalue weighted by Crippen LogP contribution is 2.23. The van der Waals surface area contributed by atoms with Crippen molar-refractivity contribution in [3.63, 3.8) is 0 Å². The fraction of sp³-hybridized carbons (Fsp3) is 0.158. The molecule has 0 saturated carbocycles. The van der Waals surface area contributed by atoms with Gasteiger partial charge in [-0.15, -0.1) is 0 Å². The average molecular weight is 385 g/mol. The second-order valence-corrected chi connectivity index (χ2v) is 8.14. The van der Waals surface area contributed by atoms with Gasteiger partial charge in [0.15, 0.2) is 6.61 Å². The standard InChI is InChI=1S/C19H19N3O4S/c1-22(2)27(24,25)16-9-4-8-15(12-16)21-18(23)13-26-17-10-3-6-14-7-5-11-20-19(14)17/h3-12H,13H2,1-2H3,(H,21,23). The van der Waals surface area contributed by atoms with Crippen molar-refractivity contribution in [1.29, 1.82) is 0 Å². The Morgan fingerprint density at radius 2 is 1.85 bits per heavy atom. The number of nitrogens with zero attached hydrogens (tertiary/aromatic N) is 2. The number of fused-ring (bicyclic) bond motifs is 1. The minimum Gasteiger partial charge on any atom is -0.481 e. The van der Waals surface area contributed by atoms with Crippen LogP contribution in [0.5, 0.6) is 5.75 Å². The molecule has 0 atom stereocenters. The van der Waals surface area contributed by atoms with Crippen LogP contribution < -0.4 is 10.1 Å². The Hall–Kier alpha value is -2.97. The summed E-state index contributed by atoms with van der Waals surface area (Å²) in [6, 6.07) is 15.3. The summed E-state index contributed by atoms with van der Waals surface area (Å²) >= 11 is 0. The molecule has 0 aliphatic carbocycles. The molecule has 1 heterocycles. The first kappa shape index (κ1) is 18.8. The van der Waals surface area contributed by atoms with Crippen LogP contribution in [0.15, 0.2) is 65.7 Å². The lowest BCUT2D eigenvalue weighted by Gasteiger charge is -2.13. The van der Waals surface area contributed by atoms with Gasteiger partial charge in [0.1, 0.15) is 11.3 Å². The van der Waals surface area contributed by atoms with Crippen LogP contribution in [0.1, 0.15) is 0 Å². The maximum Gasteiger partial charge on any atom is 0.262 e. The summed E-state index contributed by atoms with van der Waals surface area (Å²) in [5.41, 5.74) is 1.05. The Bertz CT molecular complexity index is 1080. The maximum atomic E-state index is 12.2. The minimum atomic E-state index is -3.57. The summed E-state index contributed by atoms with van der Waals surface area (Å²) in [7, 11) is -0.670.